The molecule has 28 heavy (non-hydrogen) atoms. The van der Waals surface area contributed by atoms with Crippen molar-refractivity contribution in [3.8, 4) is 6.07 Å². The first-order valence-electron chi connectivity index (χ1n) is 9.30. The summed E-state index contributed by atoms with van der Waals surface area (Å²) in [6.45, 7) is 2.09. The van der Waals surface area contributed by atoms with Gasteiger partial charge in [-0.15, -0.1) is 11.3 Å². The minimum absolute atomic E-state index is 0.124. The third kappa shape index (κ3) is 3.72. The van der Waals surface area contributed by atoms with Crippen LogP contribution in [0.1, 0.15) is 21.7 Å². The van der Waals surface area contributed by atoms with Crippen LogP contribution in [-0.4, -0.2) is 44.0 Å². The third-order valence-corrected chi connectivity index (χ3v) is 6.37. The highest BCUT2D eigenvalue weighted by atomic mass is 32.1. The molecule has 2 heterocycles. The van der Waals surface area contributed by atoms with E-state index in [1.807, 2.05) is 30.3 Å². The molecule has 0 saturated carbocycles. The van der Waals surface area contributed by atoms with E-state index in [2.05, 4.69) is 47.4 Å². The number of nitriles is 1. The van der Waals surface area contributed by atoms with Crippen molar-refractivity contribution in [2.24, 2.45) is 0 Å². The molecule has 1 unspecified atom stereocenters. The van der Waals surface area contributed by atoms with E-state index >= 15 is 0 Å². The summed E-state index contributed by atoms with van der Waals surface area (Å²) < 4.78 is 1.00. The van der Waals surface area contributed by atoms with E-state index < -0.39 is 0 Å². The van der Waals surface area contributed by atoms with Gasteiger partial charge in [0.15, 0.2) is 0 Å². The van der Waals surface area contributed by atoms with Gasteiger partial charge in [0.2, 0.25) is 0 Å². The lowest BCUT2D eigenvalue weighted by atomic mass is 10.2. The Hall–Kier alpha value is -2.88. The first kappa shape index (κ1) is 18.5. The van der Waals surface area contributed by atoms with Gasteiger partial charge in [-0.05, 0) is 74.4 Å². The predicted octanol–water partition coefficient (Wildman–Crippen LogP) is 4.17. The Morgan fingerprint density at radius 2 is 2.00 bits per heavy atom. The second-order valence-corrected chi connectivity index (χ2v) is 8.41. The zero-order chi connectivity index (χ0) is 19.7. The summed E-state index contributed by atoms with van der Waals surface area (Å²) in [5, 5.41) is 12.9. The number of benzene rings is 2. The monoisotopic (exact) mass is 390 g/mol. The van der Waals surface area contributed by atoms with Crippen molar-refractivity contribution >= 4 is 38.7 Å². The smallest absolute Gasteiger partial charge is 0.265 e. The second-order valence-electron chi connectivity index (χ2n) is 7.33. The number of amides is 1. The van der Waals surface area contributed by atoms with Crippen LogP contribution in [0.5, 0.6) is 0 Å². The van der Waals surface area contributed by atoms with E-state index in [1.54, 1.807) is 6.07 Å². The molecule has 1 aromatic heterocycles. The summed E-state index contributed by atoms with van der Waals surface area (Å²) in [5.74, 6) is -0.124. The molecule has 1 saturated heterocycles. The van der Waals surface area contributed by atoms with Gasteiger partial charge in [-0.3, -0.25) is 4.79 Å². The molecule has 0 bridgehead atoms. The molecule has 4 rings (SSSR count). The molecule has 3 aromatic rings. The van der Waals surface area contributed by atoms with Crippen LogP contribution < -0.4 is 10.2 Å². The van der Waals surface area contributed by atoms with E-state index in [0.717, 1.165) is 28.9 Å². The third-order valence-electron chi connectivity index (χ3n) is 5.25. The standard InChI is InChI=1S/C22H22N4OS/c1-25(2)19-9-10-26(14-19)18-6-4-17(5-7-18)24-22(27)21-12-16-11-15(13-23)3-8-20(16)28-21/h3-8,11-12,19H,9-10,14H2,1-2H3,(H,24,27). The van der Waals surface area contributed by atoms with Gasteiger partial charge in [0, 0.05) is 35.2 Å². The summed E-state index contributed by atoms with van der Waals surface area (Å²) in [6, 6.07) is 18.1. The molecule has 142 valence electrons. The molecular formula is C22H22N4OS. The number of likely N-dealkylation sites (N-methyl/N-ethyl adjacent to an activating group) is 1. The Morgan fingerprint density at radius 1 is 1.21 bits per heavy atom. The van der Waals surface area contributed by atoms with Gasteiger partial charge in [0.25, 0.3) is 5.91 Å². The van der Waals surface area contributed by atoms with Crippen LogP contribution in [0, 0.1) is 11.3 Å². The number of fused-ring (bicyclic) bond motifs is 1. The number of nitrogens with one attached hydrogen (secondary N) is 1. The average Bonchev–Trinajstić information content (AvgIpc) is 3.35. The van der Waals surface area contributed by atoms with Crippen molar-refractivity contribution in [2.75, 3.05) is 37.4 Å². The largest absolute Gasteiger partial charge is 0.370 e. The van der Waals surface area contributed by atoms with Crippen molar-refractivity contribution in [3.05, 3.63) is 59.0 Å². The highest BCUT2D eigenvalue weighted by Crippen LogP contribution is 2.28. The molecule has 5 nitrogen and oxygen atoms in total. The van der Waals surface area contributed by atoms with Gasteiger partial charge >= 0.3 is 0 Å². The quantitative estimate of drug-likeness (QED) is 0.726. The van der Waals surface area contributed by atoms with Gasteiger partial charge in [0.05, 0.1) is 16.5 Å². The van der Waals surface area contributed by atoms with Crippen LogP contribution in [0.3, 0.4) is 0 Å². The van der Waals surface area contributed by atoms with E-state index in [-0.39, 0.29) is 5.91 Å². The highest BCUT2D eigenvalue weighted by Gasteiger charge is 2.24. The molecule has 1 N–H and O–H groups in total. The summed E-state index contributed by atoms with van der Waals surface area (Å²) in [4.78, 5) is 17.9. The highest BCUT2D eigenvalue weighted by molar-refractivity contribution is 7.20. The maximum absolute atomic E-state index is 12.6. The van der Waals surface area contributed by atoms with Crippen LogP contribution in [0.4, 0.5) is 11.4 Å². The zero-order valence-corrected chi connectivity index (χ0v) is 16.8. The molecule has 1 aliphatic heterocycles. The first-order chi connectivity index (χ1) is 13.5. The minimum Gasteiger partial charge on any atom is -0.370 e. The number of thiophene rings is 1. The van der Waals surface area contributed by atoms with Gasteiger partial charge in [-0.2, -0.15) is 5.26 Å². The van der Waals surface area contributed by atoms with Crippen molar-refractivity contribution in [1.29, 1.82) is 5.26 Å². The Bertz CT molecular complexity index is 1050. The molecule has 0 aliphatic carbocycles. The van der Waals surface area contributed by atoms with Crippen molar-refractivity contribution in [2.45, 2.75) is 12.5 Å². The van der Waals surface area contributed by atoms with Gasteiger partial charge in [0.1, 0.15) is 0 Å². The Morgan fingerprint density at radius 3 is 2.68 bits per heavy atom. The average molecular weight is 391 g/mol. The molecule has 1 aliphatic rings. The molecule has 1 atom stereocenters. The number of carbonyl (C=O) groups is 1. The predicted molar refractivity (Wildman–Crippen MR) is 115 cm³/mol. The minimum atomic E-state index is -0.124. The zero-order valence-electron chi connectivity index (χ0n) is 16.0. The lowest BCUT2D eigenvalue weighted by Gasteiger charge is -2.22. The van der Waals surface area contributed by atoms with Crippen molar-refractivity contribution < 1.29 is 4.79 Å². The Kier molecular flexibility index (Phi) is 5.03. The number of nitrogens with zero attached hydrogens (tertiary/aromatic N) is 3. The van der Waals surface area contributed by atoms with Crippen molar-refractivity contribution in [3.63, 3.8) is 0 Å². The Balaban J connectivity index is 1.44. The van der Waals surface area contributed by atoms with E-state index in [4.69, 9.17) is 5.26 Å². The van der Waals surface area contributed by atoms with E-state index in [9.17, 15) is 4.79 Å². The molecule has 1 fully saturated rings. The number of rotatable bonds is 4. The fourth-order valence-corrected chi connectivity index (χ4v) is 4.51. The second kappa shape index (κ2) is 7.63. The lowest BCUT2D eigenvalue weighted by Crippen LogP contribution is -2.31. The SMILES string of the molecule is CN(C)C1CCN(c2ccc(NC(=O)c3cc4cc(C#N)ccc4s3)cc2)C1. The topological polar surface area (TPSA) is 59.4 Å². The summed E-state index contributed by atoms with van der Waals surface area (Å²) in [7, 11) is 4.25. The molecule has 6 heteroatoms. The summed E-state index contributed by atoms with van der Waals surface area (Å²) in [6.07, 6.45) is 1.17. The molecule has 2 aromatic carbocycles. The molecule has 0 radical (unpaired) electrons. The van der Waals surface area contributed by atoms with Crippen molar-refractivity contribution in [1.82, 2.24) is 4.90 Å². The normalized spacial score (nSPS) is 16.5. The summed E-state index contributed by atoms with van der Waals surface area (Å²) >= 11 is 1.44. The molecule has 1 amide bonds. The number of hydrogen-bond donors (Lipinski definition) is 1. The van der Waals surface area contributed by atoms with Crippen LogP contribution >= 0.6 is 11.3 Å². The number of anilines is 2. The maximum Gasteiger partial charge on any atom is 0.265 e. The summed E-state index contributed by atoms with van der Waals surface area (Å²) in [5.41, 5.74) is 2.58. The number of hydrogen-bond acceptors (Lipinski definition) is 5. The maximum atomic E-state index is 12.6. The molecule has 0 spiro atoms. The fourth-order valence-electron chi connectivity index (χ4n) is 3.57. The number of carbonyl (C=O) groups excluding carboxylic acids is 1. The Labute approximate surface area is 168 Å². The van der Waals surface area contributed by atoms with Crippen LogP contribution in [0.2, 0.25) is 0 Å². The van der Waals surface area contributed by atoms with Crippen LogP contribution in [0.15, 0.2) is 48.5 Å². The molecular weight excluding hydrogens is 368 g/mol. The van der Waals surface area contributed by atoms with Crippen LogP contribution in [-0.2, 0) is 0 Å². The van der Waals surface area contributed by atoms with Gasteiger partial charge in [-0.25, -0.2) is 0 Å². The lowest BCUT2D eigenvalue weighted by molar-refractivity contribution is 0.103. The van der Waals surface area contributed by atoms with E-state index in [0.29, 0.717) is 16.5 Å². The van der Waals surface area contributed by atoms with E-state index in [1.165, 1.54) is 23.4 Å². The van der Waals surface area contributed by atoms with Crippen LogP contribution in [0.25, 0.3) is 10.1 Å². The van der Waals surface area contributed by atoms with Gasteiger partial charge in [-0.1, -0.05) is 0 Å². The van der Waals surface area contributed by atoms with Gasteiger partial charge < -0.3 is 15.1 Å². The first-order valence-corrected chi connectivity index (χ1v) is 10.1. The fraction of sp³-hybridized carbons (Fsp3) is 0.273.